The molecule has 2 aliphatic carbocycles. The predicted molar refractivity (Wildman–Crippen MR) is 188 cm³/mol. The first-order chi connectivity index (χ1) is 24.5. The number of ether oxygens (including phenoxy) is 1. The number of hydrogen-bond acceptors (Lipinski definition) is 10. The van der Waals surface area contributed by atoms with Gasteiger partial charge in [-0.2, -0.15) is 0 Å². The summed E-state index contributed by atoms with van der Waals surface area (Å²) in [6.45, 7) is 5.99. The van der Waals surface area contributed by atoms with E-state index in [9.17, 15) is 43.4 Å². The van der Waals surface area contributed by atoms with Gasteiger partial charge in [-0.05, 0) is 75.1 Å². The quantitative estimate of drug-likeness (QED) is 0.256. The molecule has 4 N–H and O–H groups in total. The molecule has 2 aromatic carbocycles. The summed E-state index contributed by atoms with van der Waals surface area (Å²) < 4.78 is 18.9. The standard InChI is InChI=1S/C21H19FN2O4.C17H16ClNO5/c1-11(25)8-24-20(28)17-18(26)15-7-12(13-6-14(22)10-23-9-13)4-5-16(15)21(2,3)19(17)27;1-9(20)7-19-16(23)13-14(21)11-6-10(18)2-3-12(11)17(15(13)22)4-5-24-8-17/h4-7,9-10,26H,8H2,1-3H3,(H,24,28);2-3,6,21H,4-5,7-8H2,1H3,(H,19,23)/t;17-/m.0/s1. The second-order valence-electron chi connectivity index (χ2n) is 13.2. The Balaban J connectivity index is 0.000000203. The van der Waals surface area contributed by atoms with Crippen molar-refractivity contribution < 1.29 is 48.1 Å². The van der Waals surface area contributed by atoms with Crippen molar-refractivity contribution in [2.24, 2.45) is 0 Å². The second-order valence-corrected chi connectivity index (χ2v) is 13.7. The van der Waals surface area contributed by atoms with Gasteiger partial charge in [-0.3, -0.25) is 33.8 Å². The predicted octanol–water partition coefficient (Wildman–Crippen LogP) is 4.28. The molecule has 52 heavy (non-hydrogen) atoms. The molecular weight excluding hydrogens is 697 g/mol. The fraction of sp³-hybridized carbons (Fsp3) is 0.289. The molecule has 0 unspecified atom stereocenters. The number of hydrogen-bond donors (Lipinski definition) is 4. The Bertz CT molecular complexity index is 2120. The second kappa shape index (κ2) is 14.6. The number of fused-ring (bicyclic) bond motifs is 3. The zero-order valence-corrected chi connectivity index (χ0v) is 29.4. The topological polar surface area (TPSA) is 189 Å². The monoisotopic (exact) mass is 731 g/mol. The third-order valence-electron chi connectivity index (χ3n) is 9.14. The van der Waals surface area contributed by atoms with E-state index in [0.717, 1.165) is 6.20 Å². The molecule has 2 amide bonds. The van der Waals surface area contributed by atoms with Gasteiger partial charge in [0.1, 0.15) is 40.0 Å². The van der Waals surface area contributed by atoms with Crippen LogP contribution < -0.4 is 10.6 Å². The number of nitrogens with one attached hydrogen (secondary N) is 2. The van der Waals surface area contributed by atoms with E-state index in [1.807, 2.05) is 0 Å². The number of halogens is 2. The van der Waals surface area contributed by atoms with Crippen molar-refractivity contribution in [1.29, 1.82) is 0 Å². The van der Waals surface area contributed by atoms with E-state index in [2.05, 4.69) is 15.6 Å². The molecule has 1 spiro atoms. The minimum Gasteiger partial charge on any atom is -0.506 e. The molecule has 6 rings (SSSR count). The molecular formula is C38H35ClFN3O9. The van der Waals surface area contributed by atoms with Crippen LogP contribution in [0.2, 0.25) is 5.02 Å². The van der Waals surface area contributed by atoms with E-state index in [4.69, 9.17) is 16.3 Å². The number of aliphatic hydroxyl groups excluding tert-OH is 2. The Labute approximate surface area is 302 Å². The van der Waals surface area contributed by atoms with E-state index < -0.39 is 57.1 Å². The lowest BCUT2D eigenvalue weighted by molar-refractivity contribution is -0.128. The highest BCUT2D eigenvalue weighted by Crippen LogP contribution is 2.45. The molecule has 1 aliphatic heterocycles. The SMILES string of the molecule is CC(=O)CNC(=O)C1=C(O)c2cc(-c3cncc(F)c3)ccc2C(C)(C)C1=O.CC(=O)CNC(=O)C1=C(O)c2cc(Cl)ccc2[C@@]2(CCOC2)C1=O. The maximum absolute atomic E-state index is 13.5. The lowest BCUT2D eigenvalue weighted by atomic mass is 9.68. The van der Waals surface area contributed by atoms with Gasteiger partial charge in [0.25, 0.3) is 11.8 Å². The summed E-state index contributed by atoms with van der Waals surface area (Å²) in [6.07, 6.45) is 2.97. The summed E-state index contributed by atoms with van der Waals surface area (Å²) in [5.41, 5.74) is 0.0582. The lowest BCUT2D eigenvalue weighted by Crippen LogP contribution is -2.45. The molecule has 1 fully saturated rings. The molecule has 12 nitrogen and oxygen atoms in total. The third-order valence-corrected chi connectivity index (χ3v) is 9.38. The molecule has 3 aliphatic rings. The largest absolute Gasteiger partial charge is 0.506 e. The first kappa shape index (κ1) is 37.7. The molecule has 0 bridgehead atoms. The number of amides is 2. The molecule has 3 aromatic rings. The molecule has 2 heterocycles. The van der Waals surface area contributed by atoms with Gasteiger partial charge in [-0.15, -0.1) is 0 Å². The van der Waals surface area contributed by atoms with E-state index in [0.29, 0.717) is 51.4 Å². The molecule has 1 aromatic heterocycles. The first-order valence-corrected chi connectivity index (χ1v) is 16.5. The van der Waals surface area contributed by atoms with Crippen molar-refractivity contribution >= 4 is 58.1 Å². The van der Waals surface area contributed by atoms with Gasteiger partial charge in [0.2, 0.25) is 0 Å². The molecule has 1 atom stereocenters. The van der Waals surface area contributed by atoms with Crippen molar-refractivity contribution in [3.05, 3.63) is 99.1 Å². The molecule has 0 saturated carbocycles. The Morgan fingerprint density at radius 1 is 0.827 bits per heavy atom. The number of nitrogens with zero attached hydrogens (tertiary/aromatic N) is 1. The molecule has 14 heteroatoms. The number of carbonyl (C=O) groups excluding carboxylic acids is 6. The number of rotatable bonds is 7. The normalized spacial score (nSPS) is 18.7. The molecule has 270 valence electrons. The van der Waals surface area contributed by atoms with E-state index >= 15 is 0 Å². The van der Waals surface area contributed by atoms with E-state index in [-0.39, 0.29) is 36.8 Å². The molecule has 0 radical (unpaired) electrons. The van der Waals surface area contributed by atoms with Crippen LogP contribution in [0.1, 0.15) is 56.4 Å². The summed E-state index contributed by atoms with van der Waals surface area (Å²) in [4.78, 5) is 76.8. The van der Waals surface area contributed by atoms with E-state index in [1.165, 1.54) is 32.2 Å². The van der Waals surface area contributed by atoms with Crippen molar-refractivity contribution in [2.75, 3.05) is 26.3 Å². The van der Waals surface area contributed by atoms with Crippen LogP contribution in [0, 0.1) is 5.82 Å². The van der Waals surface area contributed by atoms with Crippen LogP contribution in [0.4, 0.5) is 4.39 Å². The Hall–Kier alpha value is -5.53. The highest BCUT2D eigenvalue weighted by Gasteiger charge is 2.52. The minimum absolute atomic E-state index is 0.136. The summed E-state index contributed by atoms with van der Waals surface area (Å²) in [5, 5.41) is 26.3. The van der Waals surface area contributed by atoms with Crippen LogP contribution in [0.3, 0.4) is 0 Å². The zero-order valence-electron chi connectivity index (χ0n) is 28.7. The van der Waals surface area contributed by atoms with Gasteiger partial charge in [0.05, 0.1) is 36.7 Å². The summed E-state index contributed by atoms with van der Waals surface area (Å²) in [6, 6.07) is 11.1. The summed E-state index contributed by atoms with van der Waals surface area (Å²) in [7, 11) is 0. The van der Waals surface area contributed by atoms with Gasteiger partial charge in [0, 0.05) is 34.5 Å². The van der Waals surface area contributed by atoms with Crippen molar-refractivity contribution in [3.8, 4) is 11.1 Å². The van der Waals surface area contributed by atoms with Gasteiger partial charge >= 0.3 is 0 Å². The summed E-state index contributed by atoms with van der Waals surface area (Å²) in [5.74, 6) is -4.55. The number of benzene rings is 2. The summed E-state index contributed by atoms with van der Waals surface area (Å²) >= 11 is 6.01. The van der Waals surface area contributed by atoms with Gasteiger partial charge in [-0.1, -0.05) is 29.8 Å². The molecule has 1 saturated heterocycles. The highest BCUT2D eigenvalue weighted by atomic mass is 35.5. The van der Waals surface area contributed by atoms with Crippen LogP contribution in [-0.4, -0.2) is 76.4 Å². The number of carbonyl (C=O) groups is 6. The average molecular weight is 732 g/mol. The third kappa shape index (κ3) is 7.01. The minimum atomic E-state index is -1.07. The fourth-order valence-electron chi connectivity index (χ4n) is 6.41. The number of aromatic nitrogens is 1. The average Bonchev–Trinajstić information content (AvgIpc) is 3.59. The van der Waals surface area contributed by atoms with Crippen molar-refractivity contribution in [3.63, 3.8) is 0 Å². The lowest BCUT2D eigenvalue weighted by Gasteiger charge is -2.33. The van der Waals surface area contributed by atoms with E-state index in [1.54, 1.807) is 44.2 Å². The Morgan fingerprint density at radius 3 is 1.96 bits per heavy atom. The van der Waals surface area contributed by atoms with Crippen molar-refractivity contribution in [1.82, 2.24) is 15.6 Å². The van der Waals surface area contributed by atoms with Crippen LogP contribution >= 0.6 is 11.6 Å². The van der Waals surface area contributed by atoms with Crippen LogP contribution in [0.25, 0.3) is 22.6 Å². The Kier molecular flexibility index (Phi) is 10.6. The van der Waals surface area contributed by atoms with Gasteiger partial charge in [0.15, 0.2) is 11.6 Å². The van der Waals surface area contributed by atoms with Crippen LogP contribution in [0.15, 0.2) is 66.0 Å². The maximum atomic E-state index is 13.5. The fourth-order valence-corrected chi connectivity index (χ4v) is 6.58. The smallest absolute Gasteiger partial charge is 0.259 e. The first-order valence-electron chi connectivity index (χ1n) is 16.1. The number of Topliss-reactive ketones (excluding diaryl/α,β-unsaturated/α-hetero) is 4. The number of pyridine rings is 1. The van der Waals surface area contributed by atoms with Crippen molar-refractivity contribution in [2.45, 2.75) is 44.9 Å². The van der Waals surface area contributed by atoms with Gasteiger partial charge in [-0.25, -0.2) is 4.39 Å². The Morgan fingerprint density at radius 2 is 1.40 bits per heavy atom. The zero-order chi connectivity index (χ0) is 38.1. The van der Waals surface area contributed by atoms with Crippen LogP contribution in [0.5, 0.6) is 0 Å². The number of ketones is 4. The number of aliphatic hydroxyl groups is 2. The highest BCUT2D eigenvalue weighted by molar-refractivity contribution is 6.32. The van der Waals surface area contributed by atoms with Gasteiger partial charge < -0.3 is 25.6 Å². The maximum Gasteiger partial charge on any atom is 0.259 e. The van der Waals surface area contributed by atoms with Crippen LogP contribution in [-0.2, 0) is 44.3 Å².